The van der Waals surface area contributed by atoms with Crippen molar-refractivity contribution >= 4 is 35.3 Å². The van der Waals surface area contributed by atoms with E-state index in [0.29, 0.717) is 42.8 Å². The molecule has 0 N–H and O–H groups in total. The van der Waals surface area contributed by atoms with E-state index in [2.05, 4.69) is 0 Å². The Morgan fingerprint density at radius 1 is 1.24 bits per heavy atom. The van der Waals surface area contributed by atoms with E-state index in [1.165, 1.54) is 0 Å². The Kier molecular flexibility index (Phi) is 8.61. The molecule has 1 saturated heterocycles. The zero-order chi connectivity index (χ0) is 21.6. The van der Waals surface area contributed by atoms with Crippen LogP contribution in [0.3, 0.4) is 0 Å². The summed E-state index contributed by atoms with van der Waals surface area (Å²) in [7, 11) is 0. The summed E-state index contributed by atoms with van der Waals surface area (Å²) in [6.07, 6.45) is 0.0221. The van der Waals surface area contributed by atoms with Crippen molar-refractivity contribution in [3.63, 3.8) is 0 Å². The molecule has 2 rings (SSSR count). The predicted molar refractivity (Wildman–Crippen MR) is 112 cm³/mol. The number of ether oxygens (including phenoxy) is 3. The van der Waals surface area contributed by atoms with Gasteiger partial charge in [-0.25, -0.2) is 4.79 Å². The maximum atomic E-state index is 12.6. The van der Waals surface area contributed by atoms with Crippen molar-refractivity contribution in [2.45, 2.75) is 52.2 Å². The van der Waals surface area contributed by atoms with Crippen LogP contribution in [-0.2, 0) is 19.0 Å². The predicted octanol–water partition coefficient (Wildman–Crippen LogP) is 5.26. The van der Waals surface area contributed by atoms with E-state index in [0.717, 1.165) is 5.56 Å². The van der Waals surface area contributed by atoms with Crippen LogP contribution in [0.4, 0.5) is 4.79 Å². The molecule has 0 aromatic heterocycles. The Morgan fingerprint density at radius 3 is 2.59 bits per heavy atom. The normalized spacial score (nSPS) is 20.1. The summed E-state index contributed by atoms with van der Waals surface area (Å²) < 4.78 is 16.7. The zero-order valence-electron chi connectivity index (χ0n) is 17.4. The number of carbonyl (C=O) groups is 2. The van der Waals surface area contributed by atoms with Crippen molar-refractivity contribution in [2.75, 3.05) is 26.3 Å². The van der Waals surface area contributed by atoms with E-state index in [1.807, 2.05) is 26.8 Å². The molecule has 2 atom stereocenters. The molecule has 1 fully saturated rings. The van der Waals surface area contributed by atoms with Crippen LogP contribution in [0, 0.1) is 5.92 Å². The SMILES string of the molecule is CCOC(=O)CC[C@@H]1CN(C(=O)OC(C)(C)C)CCO[C@H]1c1ccc(Cl)c(Cl)c1. The molecular weight excluding hydrogens is 417 g/mol. The van der Waals surface area contributed by atoms with Gasteiger partial charge < -0.3 is 19.1 Å². The molecule has 1 amide bonds. The van der Waals surface area contributed by atoms with Gasteiger partial charge in [0.05, 0.1) is 29.4 Å². The van der Waals surface area contributed by atoms with Crippen LogP contribution < -0.4 is 0 Å². The number of carbonyl (C=O) groups excluding carboxylic acids is 2. The van der Waals surface area contributed by atoms with Crippen LogP contribution in [0.15, 0.2) is 18.2 Å². The highest BCUT2D eigenvalue weighted by Crippen LogP contribution is 2.35. The zero-order valence-corrected chi connectivity index (χ0v) is 18.9. The summed E-state index contributed by atoms with van der Waals surface area (Å²) in [6, 6.07) is 5.36. The molecule has 29 heavy (non-hydrogen) atoms. The van der Waals surface area contributed by atoms with Crippen LogP contribution in [0.2, 0.25) is 10.0 Å². The van der Waals surface area contributed by atoms with Gasteiger partial charge in [-0.3, -0.25) is 4.79 Å². The average molecular weight is 446 g/mol. The third kappa shape index (κ3) is 7.36. The summed E-state index contributed by atoms with van der Waals surface area (Å²) in [5, 5.41) is 0.896. The lowest BCUT2D eigenvalue weighted by molar-refractivity contribution is -0.143. The minimum atomic E-state index is -0.590. The molecule has 1 heterocycles. The minimum absolute atomic E-state index is 0.133. The first-order valence-electron chi connectivity index (χ1n) is 9.80. The van der Waals surface area contributed by atoms with Gasteiger partial charge in [0.15, 0.2) is 0 Å². The smallest absolute Gasteiger partial charge is 0.410 e. The van der Waals surface area contributed by atoms with Crippen LogP contribution in [0.1, 0.15) is 52.2 Å². The first kappa shape index (κ1) is 23.8. The largest absolute Gasteiger partial charge is 0.466 e. The molecule has 1 aromatic carbocycles. The van der Waals surface area contributed by atoms with Gasteiger partial charge in [-0.15, -0.1) is 0 Å². The molecule has 8 heteroatoms. The van der Waals surface area contributed by atoms with Gasteiger partial charge in [-0.1, -0.05) is 29.3 Å². The van der Waals surface area contributed by atoms with Crippen molar-refractivity contribution in [1.82, 2.24) is 4.90 Å². The highest BCUT2D eigenvalue weighted by molar-refractivity contribution is 6.42. The van der Waals surface area contributed by atoms with Crippen molar-refractivity contribution in [3.8, 4) is 0 Å². The summed E-state index contributed by atoms with van der Waals surface area (Å²) in [6.45, 7) is 8.75. The monoisotopic (exact) mass is 445 g/mol. The fourth-order valence-corrected chi connectivity index (χ4v) is 3.53. The van der Waals surface area contributed by atoms with E-state index < -0.39 is 11.7 Å². The molecule has 0 radical (unpaired) electrons. The Labute approximate surface area is 182 Å². The van der Waals surface area contributed by atoms with Crippen LogP contribution in [0.25, 0.3) is 0 Å². The number of rotatable bonds is 5. The van der Waals surface area contributed by atoms with Gasteiger partial charge in [0.1, 0.15) is 5.60 Å². The lowest BCUT2D eigenvalue weighted by atomic mass is 9.91. The fraction of sp³-hybridized carbons (Fsp3) is 0.619. The number of halogens is 2. The van der Waals surface area contributed by atoms with Gasteiger partial charge >= 0.3 is 12.1 Å². The Bertz CT molecular complexity index is 720. The fourth-order valence-electron chi connectivity index (χ4n) is 3.23. The second-order valence-corrected chi connectivity index (χ2v) is 8.81. The van der Waals surface area contributed by atoms with E-state index in [4.69, 9.17) is 37.4 Å². The number of hydrogen-bond donors (Lipinski definition) is 0. The number of hydrogen-bond acceptors (Lipinski definition) is 5. The van der Waals surface area contributed by atoms with Gasteiger partial charge in [-0.2, -0.15) is 0 Å². The van der Waals surface area contributed by atoms with E-state index in [1.54, 1.807) is 24.0 Å². The van der Waals surface area contributed by atoms with Gasteiger partial charge in [0, 0.05) is 25.4 Å². The molecule has 162 valence electrons. The Balaban J connectivity index is 2.22. The van der Waals surface area contributed by atoms with Crippen molar-refractivity contribution in [2.24, 2.45) is 5.92 Å². The van der Waals surface area contributed by atoms with Gasteiger partial charge in [0.2, 0.25) is 0 Å². The topological polar surface area (TPSA) is 65.1 Å². The van der Waals surface area contributed by atoms with Gasteiger partial charge in [-0.05, 0) is 51.8 Å². The molecule has 0 saturated carbocycles. The summed E-state index contributed by atoms with van der Waals surface area (Å²) in [5.74, 6) is -0.403. The quantitative estimate of drug-likeness (QED) is 0.578. The number of benzene rings is 1. The van der Waals surface area contributed by atoms with Crippen LogP contribution in [0.5, 0.6) is 0 Å². The molecule has 1 aliphatic heterocycles. The third-order valence-electron chi connectivity index (χ3n) is 4.49. The summed E-state index contributed by atoms with van der Waals surface area (Å²) in [5.41, 5.74) is 0.271. The third-order valence-corrected chi connectivity index (χ3v) is 5.23. The standard InChI is InChI=1S/C21H29Cl2NO5/c1-5-27-18(25)9-7-15-13-24(20(26)29-21(2,3)4)10-11-28-19(15)14-6-8-16(22)17(23)12-14/h6,8,12,15,19H,5,7,9-11,13H2,1-4H3/t15-,19+/m1/s1. The maximum Gasteiger partial charge on any atom is 0.410 e. The molecule has 0 unspecified atom stereocenters. The lowest BCUT2D eigenvalue weighted by Crippen LogP contribution is -2.40. The molecule has 1 aromatic rings. The molecule has 6 nitrogen and oxygen atoms in total. The molecular formula is C21H29Cl2NO5. The number of esters is 1. The van der Waals surface area contributed by atoms with E-state index >= 15 is 0 Å². The first-order valence-corrected chi connectivity index (χ1v) is 10.6. The number of amides is 1. The Hall–Kier alpha value is -1.50. The lowest BCUT2D eigenvalue weighted by Gasteiger charge is -2.29. The van der Waals surface area contributed by atoms with Crippen molar-refractivity contribution in [3.05, 3.63) is 33.8 Å². The maximum absolute atomic E-state index is 12.6. The van der Waals surface area contributed by atoms with Crippen molar-refractivity contribution in [1.29, 1.82) is 0 Å². The summed E-state index contributed by atoms with van der Waals surface area (Å²) >= 11 is 12.2. The minimum Gasteiger partial charge on any atom is -0.466 e. The highest BCUT2D eigenvalue weighted by Gasteiger charge is 2.33. The first-order chi connectivity index (χ1) is 13.6. The van der Waals surface area contributed by atoms with Gasteiger partial charge in [0.25, 0.3) is 0 Å². The van der Waals surface area contributed by atoms with E-state index in [9.17, 15) is 9.59 Å². The Morgan fingerprint density at radius 2 is 1.97 bits per heavy atom. The second-order valence-electron chi connectivity index (χ2n) is 8.00. The molecule has 0 spiro atoms. The van der Waals surface area contributed by atoms with Crippen LogP contribution in [-0.4, -0.2) is 48.9 Å². The second kappa shape index (κ2) is 10.5. The van der Waals surface area contributed by atoms with Crippen molar-refractivity contribution < 1.29 is 23.8 Å². The highest BCUT2D eigenvalue weighted by atomic mass is 35.5. The molecule has 0 bridgehead atoms. The molecule has 1 aliphatic rings. The molecule has 0 aliphatic carbocycles. The van der Waals surface area contributed by atoms with Crippen LogP contribution >= 0.6 is 23.2 Å². The van der Waals surface area contributed by atoms with E-state index in [-0.39, 0.29) is 24.4 Å². The average Bonchev–Trinajstić information content (AvgIpc) is 2.84. The number of nitrogens with zero attached hydrogens (tertiary/aromatic N) is 1. The summed E-state index contributed by atoms with van der Waals surface area (Å²) in [4.78, 5) is 26.2.